The van der Waals surface area contributed by atoms with Crippen LogP contribution in [0.15, 0.2) is 71.2 Å². The first-order chi connectivity index (χ1) is 17.2. The molecule has 1 atom stereocenters. The second kappa shape index (κ2) is 12.9. The summed E-state index contributed by atoms with van der Waals surface area (Å²) in [7, 11) is 0. The number of carbonyl (C=O) groups excluding carboxylic acids is 2. The van der Waals surface area contributed by atoms with Gasteiger partial charge >= 0.3 is 0 Å². The predicted octanol–water partition coefficient (Wildman–Crippen LogP) is 6.26. The highest BCUT2D eigenvalue weighted by Gasteiger charge is 2.31. The lowest BCUT2D eigenvalue weighted by molar-refractivity contribution is -0.143. The zero-order valence-electron chi connectivity index (χ0n) is 21.1. The number of nitrogens with one attached hydrogen (secondary N) is 1. The van der Waals surface area contributed by atoms with Crippen molar-refractivity contribution in [2.75, 3.05) is 6.61 Å². The average molecular weight is 572 g/mol. The van der Waals surface area contributed by atoms with Gasteiger partial charge in [0.25, 0.3) is 5.91 Å². The summed E-state index contributed by atoms with van der Waals surface area (Å²) >= 11 is 10.0. The first-order valence-electron chi connectivity index (χ1n) is 11.9. The van der Waals surface area contributed by atoms with Gasteiger partial charge < -0.3 is 15.0 Å². The van der Waals surface area contributed by atoms with Crippen LogP contribution in [0.1, 0.15) is 36.1 Å². The van der Waals surface area contributed by atoms with Crippen LogP contribution in [-0.2, 0) is 22.6 Å². The standard InChI is InChI=1S/C29H32BrClN2O3/c1-19(2)32-29(35)26(16-22-10-6-5-7-11-22)33(17-23-12-8-9-13-25(23)31)27(34)18-36-24-14-20(3)28(30)21(4)15-24/h5-15,19,26H,16-18H2,1-4H3,(H,32,35). The van der Waals surface area contributed by atoms with Crippen LogP contribution in [0.4, 0.5) is 0 Å². The van der Waals surface area contributed by atoms with E-state index < -0.39 is 6.04 Å². The predicted molar refractivity (Wildman–Crippen MR) is 148 cm³/mol. The van der Waals surface area contributed by atoms with Crippen molar-refractivity contribution in [3.63, 3.8) is 0 Å². The fourth-order valence-electron chi connectivity index (χ4n) is 3.96. The van der Waals surface area contributed by atoms with Crippen LogP contribution in [0.2, 0.25) is 5.02 Å². The van der Waals surface area contributed by atoms with E-state index in [1.54, 1.807) is 11.0 Å². The molecule has 0 saturated heterocycles. The van der Waals surface area contributed by atoms with Crippen molar-refractivity contribution in [2.24, 2.45) is 0 Å². The molecule has 0 aliphatic carbocycles. The number of ether oxygens (including phenoxy) is 1. The summed E-state index contributed by atoms with van der Waals surface area (Å²) in [5.74, 6) is 0.0862. The molecule has 3 aromatic carbocycles. The summed E-state index contributed by atoms with van der Waals surface area (Å²) in [5, 5.41) is 3.52. The molecule has 0 bridgehead atoms. The van der Waals surface area contributed by atoms with Crippen molar-refractivity contribution in [1.82, 2.24) is 10.2 Å². The zero-order chi connectivity index (χ0) is 26.2. The van der Waals surface area contributed by atoms with Crippen LogP contribution >= 0.6 is 27.5 Å². The quantitative estimate of drug-likeness (QED) is 0.312. The minimum atomic E-state index is -0.740. The molecule has 36 heavy (non-hydrogen) atoms. The Labute approximate surface area is 226 Å². The highest BCUT2D eigenvalue weighted by molar-refractivity contribution is 9.10. The highest BCUT2D eigenvalue weighted by atomic mass is 79.9. The van der Waals surface area contributed by atoms with Gasteiger partial charge in [0, 0.05) is 28.5 Å². The number of rotatable bonds is 10. The SMILES string of the molecule is Cc1cc(OCC(=O)N(Cc2ccccc2Cl)C(Cc2ccccc2)C(=O)NC(C)C)cc(C)c1Br. The first-order valence-corrected chi connectivity index (χ1v) is 13.1. The van der Waals surface area contributed by atoms with Gasteiger partial charge in [-0.3, -0.25) is 9.59 Å². The molecule has 5 nitrogen and oxygen atoms in total. The van der Waals surface area contributed by atoms with E-state index in [0.717, 1.165) is 26.7 Å². The fraction of sp³-hybridized carbons (Fsp3) is 0.310. The van der Waals surface area contributed by atoms with Crippen molar-refractivity contribution in [2.45, 2.75) is 52.7 Å². The Bertz CT molecular complexity index is 1180. The summed E-state index contributed by atoms with van der Waals surface area (Å²) in [4.78, 5) is 28.6. The van der Waals surface area contributed by atoms with Gasteiger partial charge in [0.15, 0.2) is 6.61 Å². The molecule has 2 amide bonds. The normalized spacial score (nSPS) is 11.8. The van der Waals surface area contributed by atoms with Crippen LogP contribution in [0.3, 0.4) is 0 Å². The number of halogens is 2. The molecular formula is C29H32BrClN2O3. The van der Waals surface area contributed by atoms with Gasteiger partial charge in [-0.1, -0.05) is 76.1 Å². The van der Waals surface area contributed by atoms with Crippen LogP contribution in [0, 0.1) is 13.8 Å². The number of carbonyl (C=O) groups is 2. The topological polar surface area (TPSA) is 58.6 Å². The lowest BCUT2D eigenvalue weighted by atomic mass is 10.0. The van der Waals surface area contributed by atoms with Crippen LogP contribution in [0.5, 0.6) is 5.75 Å². The molecular weight excluding hydrogens is 540 g/mol. The molecule has 190 valence electrons. The van der Waals surface area contributed by atoms with Crippen LogP contribution < -0.4 is 10.1 Å². The van der Waals surface area contributed by atoms with E-state index in [0.29, 0.717) is 17.2 Å². The van der Waals surface area contributed by atoms with Crippen molar-refractivity contribution in [3.05, 3.63) is 98.5 Å². The smallest absolute Gasteiger partial charge is 0.261 e. The van der Waals surface area contributed by atoms with Gasteiger partial charge in [0.05, 0.1) is 0 Å². The number of aryl methyl sites for hydroxylation is 2. The Balaban J connectivity index is 1.93. The van der Waals surface area contributed by atoms with Crippen molar-refractivity contribution >= 4 is 39.3 Å². The molecule has 0 fully saturated rings. The molecule has 0 heterocycles. The van der Waals surface area contributed by atoms with Gasteiger partial charge in [-0.25, -0.2) is 0 Å². The van der Waals surface area contributed by atoms with Crippen molar-refractivity contribution in [1.29, 1.82) is 0 Å². The van der Waals surface area contributed by atoms with Crippen molar-refractivity contribution in [3.8, 4) is 5.75 Å². The lowest BCUT2D eigenvalue weighted by Crippen LogP contribution is -2.52. The monoisotopic (exact) mass is 570 g/mol. The third-order valence-electron chi connectivity index (χ3n) is 5.77. The molecule has 1 N–H and O–H groups in total. The summed E-state index contributed by atoms with van der Waals surface area (Å²) in [6.07, 6.45) is 0.367. The maximum absolute atomic E-state index is 13.7. The average Bonchev–Trinajstić information content (AvgIpc) is 2.84. The second-order valence-electron chi connectivity index (χ2n) is 9.14. The molecule has 0 radical (unpaired) electrons. The summed E-state index contributed by atoms with van der Waals surface area (Å²) in [6.45, 7) is 7.73. The summed E-state index contributed by atoms with van der Waals surface area (Å²) in [6, 6.07) is 20.0. The summed E-state index contributed by atoms with van der Waals surface area (Å²) in [5.41, 5.74) is 3.75. The van der Waals surface area contributed by atoms with Gasteiger partial charge in [0.2, 0.25) is 5.91 Å². The van der Waals surface area contributed by atoms with E-state index in [1.807, 2.05) is 88.4 Å². The Morgan fingerprint density at radius 3 is 2.22 bits per heavy atom. The van der Waals surface area contributed by atoms with Crippen LogP contribution in [0.25, 0.3) is 0 Å². The van der Waals surface area contributed by atoms with Gasteiger partial charge in [-0.2, -0.15) is 0 Å². The zero-order valence-corrected chi connectivity index (χ0v) is 23.4. The fourth-order valence-corrected chi connectivity index (χ4v) is 4.39. The van der Waals surface area contributed by atoms with Gasteiger partial charge in [-0.05, 0) is 68.1 Å². The van der Waals surface area contributed by atoms with E-state index >= 15 is 0 Å². The molecule has 3 aromatic rings. The highest BCUT2D eigenvalue weighted by Crippen LogP contribution is 2.27. The Morgan fingerprint density at radius 2 is 1.61 bits per heavy atom. The van der Waals surface area contributed by atoms with E-state index in [-0.39, 0.29) is 31.0 Å². The second-order valence-corrected chi connectivity index (χ2v) is 10.3. The number of hydrogen-bond donors (Lipinski definition) is 1. The van der Waals surface area contributed by atoms with E-state index in [4.69, 9.17) is 16.3 Å². The van der Waals surface area contributed by atoms with Crippen molar-refractivity contribution < 1.29 is 14.3 Å². The largest absolute Gasteiger partial charge is 0.484 e. The molecule has 1 unspecified atom stereocenters. The molecule has 0 aliphatic rings. The molecule has 0 saturated carbocycles. The Hall–Kier alpha value is -2.83. The first kappa shape index (κ1) is 27.8. The van der Waals surface area contributed by atoms with Crippen LogP contribution in [-0.4, -0.2) is 35.4 Å². The third kappa shape index (κ3) is 7.58. The molecule has 3 rings (SSSR count). The van der Waals surface area contributed by atoms with Gasteiger partial charge in [-0.15, -0.1) is 0 Å². The summed E-state index contributed by atoms with van der Waals surface area (Å²) < 4.78 is 6.93. The van der Waals surface area contributed by atoms with Gasteiger partial charge in [0.1, 0.15) is 11.8 Å². The lowest BCUT2D eigenvalue weighted by Gasteiger charge is -2.32. The third-order valence-corrected chi connectivity index (χ3v) is 7.39. The molecule has 7 heteroatoms. The number of nitrogens with zero attached hydrogens (tertiary/aromatic N) is 1. The minimum Gasteiger partial charge on any atom is -0.484 e. The maximum atomic E-state index is 13.7. The minimum absolute atomic E-state index is 0.0713. The molecule has 0 aliphatic heterocycles. The Kier molecular flexibility index (Phi) is 9.97. The number of hydrogen-bond acceptors (Lipinski definition) is 3. The number of amides is 2. The molecule has 0 aromatic heterocycles. The van der Waals surface area contributed by atoms with E-state index in [2.05, 4.69) is 21.2 Å². The Morgan fingerprint density at radius 1 is 1.00 bits per heavy atom. The molecule has 0 spiro atoms. The number of benzene rings is 3. The van der Waals surface area contributed by atoms with E-state index in [9.17, 15) is 9.59 Å². The van der Waals surface area contributed by atoms with E-state index in [1.165, 1.54) is 0 Å². The maximum Gasteiger partial charge on any atom is 0.261 e.